The maximum atomic E-state index is 13.1. The van der Waals surface area contributed by atoms with Crippen molar-refractivity contribution in [2.24, 2.45) is 35.5 Å². The molecule has 3 aromatic carbocycles. The number of piperidine rings is 3. The van der Waals surface area contributed by atoms with Crippen molar-refractivity contribution in [1.82, 2.24) is 44.3 Å². The van der Waals surface area contributed by atoms with Gasteiger partial charge in [0, 0.05) is 72.5 Å². The lowest BCUT2D eigenvalue weighted by atomic mass is 9.92. The van der Waals surface area contributed by atoms with E-state index in [1.54, 1.807) is 16.4 Å². The second-order valence-electron chi connectivity index (χ2n) is 27.8. The highest BCUT2D eigenvalue weighted by atomic mass is 32.2. The number of hydroxylamine groups is 3. The minimum atomic E-state index is -3.60. The molecule has 3 aliphatic carbocycles. The van der Waals surface area contributed by atoms with E-state index in [9.17, 15) is 39.6 Å². The molecule has 27 heteroatoms. The van der Waals surface area contributed by atoms with Gasteiger partial charge in [0.1, 0.15) is 0 Å². The van der Waals surface area contributed by atoms with Gasteiger partial charge in [0.25, 0.3) is 0 Å². The number of aryl methyl sites for hydroxylation is 3. The lowest BCUT2D eigenvalue weighted by Gasteiger charge is -2.32. The molecule has 3 saturated heterocycles. The Labute approximate surface area is 582 Å². The molecular formula is C72H99N9O15S3. The van der Waals surface area contributed by atoms with E-state index in [0.717, 1.165) is 144 Å². The van der Waals surface area contributed by atoms with Crippen LogP contribution in [0.3, 0.4) is 0 Å². The number of fused-ring (bicyclic) bond motifs is 3. The second kappa shape index (κ2) is 35.1. The average molecular weight is 1430 g/mol. The van der Waals surface area contributed by atoms with Crippen LogP contribution in [-0.2, 0) is 78.5 Å². The number of nitrogens with one attached hydrogen (secondary N) is 3. The third kappa shape index (κ3) is 20.1. The monoisotopic (exact) mass is 1430 g/mol. The number of pyridine rings is 3. The minimum absolute atomic E-state index is 0.00596. The molecule has 0 radical (unpaired) electrons. The van der Waals surface area contributed by atoms with E-state index >= 15 is 0 Å². The quantitative estimate of drug-likeness (QED) is 0.0243. The van der Waals surface area contributed by atoms with Gasteiger partial charge in [0.2, 0.25) is 47.8 Å². The highest BCUT2D eigenvalue weighted by molar-refractivity contribution is 7.89. The number of nitrogens with zero attached hydrogens (tertiary/aromatic N) is 6. The Morgan fingerprint density at radius 3 is 0.869 bits per heavy atom. The first kappa shape index (κ1) is 75.5. The molecule has 12 rings (SSSR count). The van der Waals surface area contributed by atoms with Gasteiger partial charge in [-0.2, -0.15) is 0 Å². The molecule has 3 amide bonds. The van der Waals surface area contributed by atoms with Crippen LogP contribution in [0.25, 0.3) is 32.7 Å². The topological polar surface area (TPSA) is 326 Å². The summed E-state index contributed by atoms with van der Waals surface area (Å²) < 4.78 is 101. The first-order chi connectivity index (χ1) is 47.6. The summed E-state index contributed by atoms with van der Waals surface area (Å²) in [6, 6.07) is 30.1. The van der Waals surface area contributed by atoms with Crippen molar-refractivity contribution in [1.29, 1.82) is 0 Å². The minimum Gasteiger partial charge on any atom is -0.373 e. The number of amides is 3. The van der Waals surface area contributed by atoms with Gasteiger partial charge in [-0.3, -0.25) is 45.0 Å². The maximum absolute atomic E-state index is 13.1. The summed E-state index contributed by atoms with van der Waals surface area (Å²) in [4.78, 5) is 50.2. The maximum Gasteiger partial charge on any atom is 0.247 e. The first-order valence-electron chi connectivity index (χ1n) is 35.3. The highest BCUT2D eigenvalue weighted by Crippen LogP contribution is 2.37. The zero-order chi connectivity index (χ0) is 70.3. The molecular weight excluding hydrogens is 1330 g/mol. The van der Waals surface area contributed by atoms with E-state index < -0.39 is 65.5 Å². The van der Waals surface area contributed by atoms with Crippen molar-refractivity contribution in [3.63, 3.8) is 0 Å². The molecule has 2 unspecified atom stereocenters. The molecule has 24 nitrogen and oxygen atoms in total. The number of carbonyl (C=O) groups excluding carboxylic acids is 3. The van der Waals surface area contributed by atoms with E-state index in [4.69, 9.17) is 29.8 Å². The van der Waals surface area contributed by atoms with Gasteiger partial charge in [0.15, 0.2) is 0 Å². The lowest BCUT2D eigenvalue weighted by Crippen LogP contribution is -2.45. The van der Waals surface area contributed by atoms with Crippen LogP contribution in [0, 0.1) is 56.3 Å². The van der Waals surface area contributed by atoms with E-state index in [-0.39, 0.29) is 53.3 Å². The number of ether oxygens (including phenoxy) is 3. The summed E-state index contributed by atoms with van der Waals surface area (Å²) in [5.74, 6) is -4.65. The van der Waals surface area contributed by atoms with Crippen LogP contribution in [-0.4, -0.2) is 161 Å². The van der Waals surface area contributed by atoms with Crippen LogP contribution in [0.15, 0.2) is 91.0 Å². The predicted molar refractivity (Wildman–Crippen MR) is 375 cm³/mol. The van der Waals surface area contributed by atoms with Gasteiger partial charge in [-0.15, -0.1) is 0 Å². The SMILES string of the molecule is Cc1cc(COC2CCN(S(=O)(=O)CC(C(=O)NO)C3CCCC3)CC2)c2ccccc2n1.Cc1cc(COC2CCN(S(=O)(=O)CC(C(=O)NO)C3CCCC3)CC2)c2ccccc2n1.Cc1cc(COC2CCN(S(=O)(=O)C[C@H](C(=O)NO)C3CCCC3)CC2)c2ccccc2n1. The number of para-hydroxylation sites is 3. The number of aromatic nitrogens is 3. The molecule has 0 bridgehead atoms. The molecule has 3 aliphatic heterocycles. The van der Waals surface area contributed by atoms with Gasteiger partial charge >= 0.3 is 0 Å². The third-order valence-electron chi connectivity index (χ3n) is 21.0. The van der Waals surface area contributed by atoms with Crippen molar-refractivity contribution in [2.75, 3.05) is 56.5 Å². The average Bonchev–Trinajstić information content (AvgIpc) is 1.28. The van der Waals surface area contributed by atoms with Gasteiger partial charge < -0.3 is 14.2 Å². The normalized spacial score (nSPS) is 19.7. The Balaban J connectivity index is 0.000000161. The van der Waals surface area contributed by atoms with E-state index in [0.29, 0.717) is 97.6 Å². The van der Waals surface area contributed by atoms with Gasteiger partial charge in [-0.1, -0.05) is 93.1 Å². The summed E-state index contributed by atoms with van der Waals surface area (Å²) >= 11 is 0. The van der Waals surface area contributed by atoms with Crippen LogP contribution in [0.5, 0.6) is 0 Å². The van der Waals surface area contributed by atoms with E-state index in [1.165, 1.54) is 12.9 Å². The summed E-state index contributed by atoms with van der Waals surface area (Å²) in [6.07, 6.45) is 14.5. The molecule has 3 aromatic heterocycles. The molecule has 6 N–H and O–H groups in total. The molecule has 6 heterocycles. The van der Waals surface area contributed by atoms with Crippen LogP contribution in [0.1, 0.15) is 149 Å². The van der Waals surface area contributed by atoms with E-state index in [1.807, 2.05) is 112 Å². The van der Waals surface area contributed by atoms with Gasteiger partial charge in [-0.05, 0) is 169 Å². The van der Waals surface area contributed by atoms with Crippen molar-refractivity contribution < 1.29 is 69.5 Å². The standard InChI is InChI=1S/3C24H33N3O5S/c3*1-17-14-19(21-8-4-5-9-23(21)25-17)15-32-20-10-12-27(13-11-20)33(30,31)16-22(24(28)26-29)18-6-2-3-7-18/h3*4-5,8-9,14,18,20,22,29H,2-3,6-7,10-13,15-16H2,1H3,(H,26,28)/t22-;;/m0../s1. The second-order valence-corrected chi connectivity index (χ2v) is 33.8. The summed E-state index contributed by atoms with van der Waals surface area (Å²) in [5.41, 5.74) is 13.9. The summed E-state index contributed by atoms with van der Waals surface area (Å²) in [6.45, 7) is 9.54. The molecule has 540 valence electrons. The Kier molecular flexibility index (Phi) is 26.8. The Morgan fingerprint density at radius 1 is 0.404 bits per heavy atom. The molecule has 99 heavy (non-hydrogen) atoms. The fourth-order valence-corrected chi connectivity index (χ4v) is 21.2. The number of hydrogen-bond donors (Lipinski definition) is 6. The Hall–Kier alpha value is -6.21. The zero-order valence-electron chi connectivity index (χ0n) is 57.2. The Morgan fingerprint density at radius 2 is 0.636 bits per heavy atom. The molecule has 3 atom stereocenters. The van der Waals surface area contributed by atoms with Gasteiger partial charge in [0.05, 0.1) is 89.7 Å². The molecule has 6 fully saturated rings. The highest BCUT2D eigenvalue weighted by Gasteiger charge is 2.41. The fraction of sp³-hybridized carbons (Fsp3) is 0.583. The fourth-order valence-electron chi connectivity index (χ4n) is 15.6. The smallest absolute Gasteiger partial charge is 0.247 e. The van der Waals surface area contributed by atoms with E-state index in [2.05, 4.69) is 15.0 Å². The number of rotatable bonds is 24. The number of carbonyl (C=O) groups is 3. The number of sulfonamides is 3. The van der Waals surface area contributed by atoms with Crippen LogP contribution < -0.4 is 16.4 Å². The van der Waals surface area contributed by atoms with Crippen molar-refractivity contribution >= 4 is 80.5 Å². The molecule has 6 aromatic rings. The summed E-state index contributed by atoms with van der Waals surface area (Å²) in [5, 5.41) is 30.6. The Bertz CT molecular complexity index is 3640. The molecule has 6 aliphatic rings. The number of hydrogen-bond acceptors (Lipinski definition) is 18. The lowest BCUT2D eigenvalue weighted by molar-refractivity contribution is -0.135. The molecule has 0 spiro atoms. The van der Waals surface area contributed by atoms with Gasteiger partial charge in [-0.25, -0.2) is 54.6 Å². The third-order valence-corrected chi connectivity index (χ3v) is 26.8. The largest absolute Gasteiger partial charge is 0.373 e. The number of benzene rings is 3. The van der Waals surface area contributed by atoms with Crippen LogP contribution in [0.2, 0.25) is 0 Å². The predicted octanol–water partition coefficient (Wildman–Crippen LogP) is 9.50. The molecule has 3 saturated carbocycles. The van der Waals surface area contributed by atoms with Crippen LogP contribution in [0.4, 0.5) is 0 Å². The zero-order valence-corrected chi connectivity index (χ0v) is 59.7. The van der Waals surface area contributed by atoms with Crippen molar-refractivity contribution in [2.45, 2.75) is 174 Å². The van der Waals surface area contributed by atoms with Crippen molar-refractivity contribution in [3.8, 4) is 0 Å². The summed E-state index contributed by atoms with van der Waals surface area (Å²) in [7, 11) is -10.8. The first-order valence-corrected chi connectivity index (χ1v) is 40.1. The van der Waals surface area contributed by atoms with Crippen LogP contribution >= 0.6 is 0 Å². The van der Waals surface area contributed by atoms with Crippen molar-refractivity contribution in [3.05, 3.63) is 125 Å².